The molecule has 0 spiro atoms. The molecule has 0 N–H and O–H groups in total. The van der Waals surface area contributed by atoms with E-state index in [0.717, 1.165) is 0 Å². The molecule has 0 aliphatic heterocycles. The molecule has 0 atom stereocenters. The molecule has 0 bridgehead atoms. The van der Waals surface area contributed by atoms with E-state index in [-0.39, 0.29) is 57.7 Å². The van der Waals surface area contributed by atoms with Crippen molar-refractivity contribution in [1.29, 1.82) is 0 Å². The van der Waals surface area contributed by atoms with Gasteiger partial charge in [0.2, 0.25) is 0 Å². The van der Waals surface area contributed by atoms with Crippen molar-refractivity contribution in [3.8, 4) is 0 Å². The van der Waals surface area contributed by atoms with Gasteiger partial charge < -0.3 is 20.3 Å². The molecular weight excluding hydrogens is 518 g/mol. The summed E-state index contributed by atoms with van der Waals surface area (Å²) in [6.07, 6.45) is 0. The Morgan fingerprint density at radius 2 is 0.913 bits per heavy atom. The van der Waals surface area contributed by atoms with E-state index in [1.54, 1.807) is 24.3 Å². The van der Waals surface area contributed by atoms with E-state index in [1.165, 1.54) is 14.2 Å². The summed E-state index contributed by atoms with van der Waals surface area (Å²) in [4.78, 5) is 0. The zero-order chi connectivity index (χ0) is 14.8. The molecule has 0 aliphatic carbocycles. The maximum atomic E-state index is 9.02. The molecule has 0 aliphatic rings. The molecule has 0 amide bonds. The molecule has 128 valence electrons. The topological polar surface area (TPSA) is 63.1 Å². The normalized spacial score (nSPS) is 7.74. The standard InChI is InChI=1S/2C8H8NO.2ClH.Pt/c2*1-10-8(9)7-5-3-2-4-6-7;;;/h2*2-6H,1H3;2*1H;/q2*-1;;;+2. The Morgan fingerprint density at radius 1 is 0.652 bits per heavy atom. The Morgan fingerprint density at radius 3 is 1.13 bits per heavy atom. The van der Waals surface area contributed by atoms with Crippen LogP contribution in [0, 0.1) is 0 Å². The van der Waals surface area contributed by atoms with Crippen molar-refractivity contribution in [3.05, 3.63) is 82.6 Å². The number of hydrogen-bond acceptors (Lipinski definition) is 2. The molecule has 0 radical (unpaired) electrons. The summed E-state index contributed by atoms with van der Waals surface area (Å²) in [5.41, 5.74) is 1.40. The van der Waals surface area contributed by atoms with Crippen molar-refractivity contribution >= 4 is 36.6 Å². The van der Waals surface area contributed by atoms with Gasteiger partial charge in [0.05, 0.1) is 14.2 Å². The summed E-state index contributed by atoms with van der Waals surface area (Å²) in [6, 6.07) is 18.2. The van der Waals surface area contributed by atoms with Gasteiger partial charge in [-0.25, -0.2) is 0 Å². The van der Waals surface area contributed by atoms with Crippen molar-refractivity contribution in [1.82, 2.24) is 0 Å². The van der Waals surface area contributed by atoms with E-state index in [9.17, 15) is 0 Å². The average Bonchev–Trinajstić information content (AvgIpc) is 2.55. The maximum Gasteiger partial charge on any atom is 2.00 e. The van der Waals surface area contributed by atoms with Crippen LogP contribution >= 0.6 is 24.8 Å². The first-order valence-electron chi connectivity index (χ1n) is 5.99. The van der Waals surface area contributed by atoms with Gasteiger partial charge in [-0.05, 0) is 11.1 Å². The van der Waals surface area contributed by atoms with Crippen LogP contribution in [0.5, 0.6) is 0 Å². The molecular formula is C16H18Cl2N2O2Pt. The molecule has 0 saturated carbocycles. The van der Waals surface area contributed by atoms with Crippen LogP contribution in [0.2, 0.25) is 0 Å². The maximum absolute atomic E-state index is 9.02. The predicted octanol–water partition coefficient (Wildman–Crippen LogP) is 4.14. The fourth-order valence-corrected chi connectivity index (χ4v) is 1.40. The molecule has 2 aromatic carbocycles. The largest absolute Gasteiger partial charge is 2.00 e. The van der Waals surface area contributed by atoms with Crippen molar-refractivity contribution in [2.75, 3.05) is 14.2 Å². The molecule has 7 heteroatoms. The summed E-state index contributed by atoms with van der Waals surface area (Å²) < 4.78 is 9.22. The quantitative estimate of drug-likeness (QED) is 0.428. The Hall–Kier alpha value is -1.35. The van der Waals surface area contributed by atoms with Crippen molar-refractivity contribution in [2.45, 2.75) is 0 Å². The van der Waals surface area contributed by atoms with Crippen LogP contribution in [0.1, 0.15) is 11.1 Å². The van der Waals surface area contributed by atoms with Gasteiger partial charge in [0.15, 0.2) is 0 Å². The fourth-order valence-electron chi connectivity index (χ4n) is 1.40. The molecule has 0 unspecified atom stereocenters. The van der Waals surface area contributed by atoms with Crippen LogP contribution in [0.15, 0.2) is 60.7 Å². The minimum atomic E-state index is -0.0411. The first kappa shape index (κ1) is 26.5. The fraction of sp³-hybridized carbons (Fsp3) is 0.125. The van der Waals surface area contributed by atoms with Crippen molar-refractivity contribution < 1.29 is 30.5 Å². The number of rotatable bonds is 2. The van der Waals surface area contributed by atoms with Gasteiger partial charge in [0.1, 0.15) is 0 Å². The van der Waals surface area contributed by atoms with E-state index in [1.807, 2.05) is 36.4 Å². The van der Waals surface area contributed by atoms with Crippen LogP contribution in [0.25, 0.3) is 10.8 Å². The number of hydrogen-bond donors (Lipinski definition) is 0. The summed E-state index contributed by atoms with van der Waals surface area (Å²) in [5, 5.41) is 18.0. The predicted molar refractivity (Wildman–Crippen MR) is 96.3 cm³/mol. The molecule has 23 heavy (non-hydrogen) atoms. The molecule has 2 aromatic rings. The molecule has 0 saturated heterocycles. The van der Waals surface area contributed by atoms with Gasteiger partial charge in [-0.1, -0.05) is 60.7 Å². The molecule has 0 heterocycles. The minimum absolute atomic E-state index is 0. The van der Waals surface area contributed by atoms with Gasteiger partial charge in [0.25, 0.3) is 0 Å². The minimum Gasteiger partial charge on any atom is -0.771 e. The van der Waals surface area contributed by atoms with Gasteiger partial charge in [-0.3, -0.25) is 0 Å². The summed E-state index contributed by atoms with van der Waals surface area (Å²) in [6.45, 7) is 0. The second-order valence-electron chi connectivity index (χ2n) is 3.75. The number of nitrogens with zero attached hydrogens (tertiary/aromatic N) is 2. The third-order valence-electron chi connectivity index (χ3n) is 2.43. The first-order valence-corrected chi connectivity index (χ1v) is 5.99. The Labute approximate surface area is 163 Å². The van der Waals surface area contributed by atoms with E-state index in [2.05, 4.69) is 9.47 Å². The van der Waals surface area contributed by atoms with Crippen molar-refractivity contribution in [3.63, 3.8) is 0 Å². The number of methoxy groups -OCH3 is 2. The molecule has 2 rings (SSSR count). The molecule has 0 aromatic heterocycles. The van der Waals surface area contributed by atoms with Crippen LogP contribution in [-0.2, 0) is 30.5 Å². The summed E-state index contributed by atoms with van der Waals surface area (Å²) in [5.74, 6) is -0.0822. The van der Waals surface area contributed by atoms with Gasteiger partial charge >= 0.3 is 21.1 Å². The third-order valence-corrected chi connectivity index (χ3v) is 2.43. The Balaban J connectivity index is -0.000000308. The van der Waals surface area contributed by atoms with E-state index >= 15 is 0 Å². The number of halogens is 2. The third kappa shape index (κ3) is 10.1. The summed E-state index contributed by atoms with van der Waals surface area (Å²) >= 11 is 0. The van der Waals surface area contributed by atoms with Crippen molar-refractivity contribution in [2.24, 2.45) is 0 Å². The van der Waals surface area contributed by atoms with Crippen LogP contribution in [0.3, 0.4) is 0 Å². The van der Waals surface area contributed by atoms with Crippen LogP contribution < -0.4 is 0 Å². The molecule has 4 nitrogen and oxygen atoms in total. The monoisotopic (exact) mass is 535 g/mol. The molecule has 0 fully saturated rings. The van der Waals surface area contributed by atoms with E-state index in [0.29, 0.717) is 11.1 Å². The second kappa shape index (κ2) is 15.5. The van der Waals surface area contributed by atoms with Crippen LogP contribution in [0.4, 0.5) is 0 Å². The van der Waals surface area contributed by atoms with Gasteiger partial charge in [-0.2, -0.15) is 0 Å². The average molecular weight is 536 g/mol. The number of ether oxygens (including phenoxy) is 2. The Kier molecular flexibility index (Phi) is 17.9. The second-order valence-corrected chi connectivity index (χ2v) is 3.75. The first-order chi connectivity index (χ1) is 9.69. The van der Waals surface area contributed by atoms with Gasteiger partial charge in [0, 0.05) is 11.8 Å². The summed E-state index contributed by atoms with van der Waals surface area (Å²) in [7, 11) is 2.87. The smallest absolute Gasteiger partial charge is 0.771 e. The SMILES string of the molecule is COC(=[N-])c1ccccc1.COC(=[N-])c1ccccc1.Cl.Cl.[Pt+2]. The van der Waals surface area contributed by atoms with Crippen LogP contribution in [-0.4, -0.2) is 26.0 Å². The zero-order valence-corrected chi connectivity index (χ0v) is 16.5. The zero-order valence-electron chi connectivity index (χ0n) is 12.6. The van der Waals surface area contributed by atoms with Gasteiger partial charge in [-0.15, -0.1) is 24.8 Å². The number of benzene rings is 2. The Bertz CT molecular complexity index is 503. The van der Waals surface area contributed by atoms with E-state index < -0.39 is 0 Å². The van der Waals surface area contributed by atoms with E-state index in [4.69, 9.17) is 10.8 Å².